The van der Waals surface area contributed by atoms with Crippen molar-refractivity contribution in [3.8, 4) is 17.1 Å². The number of halogens is 2. The third-order valence-corrected chi connectivity index (χ3v) is 7.83. The molecule has 0 N–H and O–H groups in total. The zero-order valence-corrected chi connectivity index (χ0v) is 22.6. The first-order valence-electron chi connectivity index (χ1n) is 11.3. The molecule has 4 rings (SSSR count). The molecule has 1 amide bonds. The SMILES string of the molecule is CCCN(CCC)C(=O)c1csc(CSc2nnc(-c3ccccc3Cl)n2-c2ccccc2Cl)n1. The van der Waals surface area contributed by atoms with Crippen LogP contribution in [0.25, 0.3) is 17.1 Å². The Balaban J connectivity index is 1.61. The molecule has 2 aromatic carbocycles. The fraction of sp³-hybridized carbons (Fsp3) is 0.280. The number of rotatable bonds is 10. The van der Waals surface area contributed by atoms with E-state index in [1.165, 1.54) is 23.1 Å². The molecule has 0 spiro atoms. The van der Waals surface area contributed by atoms with E-state index in [0.29, 0.717) is 32.5 Å². The fourth-order valence-electron chi connectivity index (χ4n) is 3.65. The number of aromatic nitrogens is 4. The van der Waals surface area contributed by atoms with E-state index in [2.05, 4.69) is 29.0 Å². The van der Waals surface area contributed by atoms with Gasteiger partial charge in [-0.3, -0.25) is 9.36 Å². The van der Waals surface area contributed by atoms with Crippen molar-refractivity contribution < 1.29 is 4.79 Å². The number of hydrogen-bond donors (Lipinski definition) is 0. The summed E-state index contributed by atoms with van der Waals surface area (Å²) in [5.74, 6) is 1.14. The molecular formula is C25H25Cl2N5OS2. The summed E-state index contributed by atoms with van der Waals surface area (Å²) >= 11 is 16.0. The van der Waals surface area contributed by atoms with Gasteiger partial charge in [-0.15, -0.1) is 21.5 Å². The van der Waals surface area contributed by atoms with Crippen LogP contribution >= 0.6 is 46.3 Å². The summed E-state index contributed by atoms with van der Waals surface area (Å²) in [6.45, 7) is 5.62. The first-order valence-corrected chi connectivity index (χ1v) is 14.0. The van der Waals surface area contributed by atoms with Gasteiger partial charge in [-0.1, -0.05) is 73.1 Å². The van der Waals surface area contributed by atoms with E-state index in [4.69, 9.17) is 23.2 Å². The second-order valence-electron chi connectivity index (χ2n) is 7.78. The summed E-state index contributed by atoms with van der Waals surface area (Å²) in [5.41, 5.74) is 2.03. The van der Waals surface area contributed by atoms with Crippen molar-refractivity contribution in [1.29, 1.82) is 0 Å². The van der Waals surface area contributed by atoms with Crippen molar-refractivity contribution >= 4 is 52.2 Å². The average Bonchev–Trinajstić information content (AvgIpc) is 3.50. The Bertz CT molecular complexity index is 1300. The van der Waals surface area contributed by atoms with Gasteiger partial charge in [0.15, 0.2) is 11.0 Å². The maximum Gasteiger partial charge on any atom is 0.273 e. The number of nitrogens with zero attached hydrogens (tertiary/aromatic N) is 5. The Morgan fingerprint density at radius 2 is 1.69 bits per heavy atom. The zero-order chi connectivity index (χ0) is 24.8. The van der Waals surface area contributed by atoms with Crippen LogP contribution in [0, 0.1) is 0 Å². The zero-order valence-electron chi connectivity index (χ0n) is 19.4. The van der Waals surface area contributed by atoms with Gasteiger partial charge >= 0.3 is 0 Å². The molecule has 182 valence electrons. The normalized spacial score (nSPS) is 11.1. The molecule has 0 saturated heterocycles. The van der Waals surface area contributed by atoms with Crippen LogP contribution in [0.1, 0.15) is 42.2 Å². The smallest absolute Gasteiger partial charge is 0.273 e. The Labute approximate surface area is 223 Å². The molecule has 0 aliphatic heterocycles. The predicted molar refractivity (Wildman–Crippen MR) is 145 cm³/mol. The number of amides is 1. The predicted octanol–water partition coefficient (Wildman–Crippen LogP) is 7.25. The number of para-hydroxylation sites is 1. The van der Waals surface area contributed by atoms with Crippen LogP contribution in [0.4, 0.5) is 0 Å². The molecule has 0 unspecified atom stereocenters. The Morgan fingerprint density at radius 3 is 2.37 bits per heavy atom. The number of thiazole rings is 1. The minimum atomic E-state index is -0.0126. The van der Waals surface area contributed by atoms with Gasteiger partial charge in [0, 0.05) is 24.0 Å². The molecule has 0 aliphatic rings. The number of carbonyl (C=O) groups excluding carboxylic acids is 1. The minimum Gasteiger partial charge on any atom is -0.337 e. The highest BCUT2D eigenvalue weighted by molar-refractivity contribution is 7.98. The highest BCUT2D eigenvalue weighted by Crippen LogP contribution is 2.35. The summed E-state index contributed by atoms with van der Waals surface area (Å²) in [6, 6.07) is 15.1. The molecule has 4 aromatic rings. The van der Waals surface area contributed by atoms with E-state index in [1.54, 1.807) is 0 Å². The van der Waals surface area contributed by atoms with Crippen LogP contribution in [0.3, 0.4) is 0 Å². The lowest BCUT2D eigenvalue weighted by Crippen LogP contribution is -2.32. The lowest BCUT2D eigenvalue weighted by molar-refractivity contribution is 0.0750. The van der Waals surface area contributed by atoms with E-state index in [9.17, 15) is 4.79 Å². The van der Waals surface area contributed by atoms with Crippen molar-refractivity contribution in [2.24, 2.45) is 0 Å². The molecule has 0 radical (unpaired) electrons. The van der Waals surface area contributed by atoms with E-state index in [0.717, 1.165) is 42.2 Å². The summed E-state index contributed by atoms with van der Waals surface area (Å²) in [5, 5.41) is 13.4. The topological polar surface area (TPSA) is 63.9 Å². The molecule has 0 bridgehead atoms. The van der Waals surface area contributed by atoms with Crippen molar-refractivity contribution in [3.63, 3.8) is 0 Å². The Morgan fingerprint density at radius 1 is 1.00 bits per heavy atom. The van der Waals surface area contributed by atoms with Gasteiger partial charge in [-0.2, -0.15) is 0 Å². The molecule has 0 atom stereocenters. The molecule has 2 aromatic heterocycles. The molecule has 6 nitrogen and oxygen atoms in total. The van der Waals surface area contributed by atoms with Gasteiger partial charge in [-0.05, 0) is 37.1 Å². The first kappa shape index (κ1) is 25.7. The van der Waals surface area contributed by atoms with Crippen LogP contribution in [-0.2, 0) is 5.75 Å². The second-order valence-corrected chi connectivity index (χ2v) is 10.5. The van der Waals surface area contributed by atoms with Crippen LogP contribution in [0.15, 0.2) is 59.1 Å². The van der Waals surface area contributed by atoms with Gasteiger partial charge < -0.3 is 4.90 Å². The van der Waals surface area contributed by atoms with Gasteiger partial charge in [0.2, 0.25) is 0 Å². The summed E-state index contributed by atoms with van der Waals surface area (Å²) in [7, 11) is 0. The van der Waals surface area contributed by atoms with Gasteiger partial charge in [0.1, 0.15) is 10.7 Å². The second kappa shape index (κ2) is 12.0. The Kier molecular flexibility index (Phi) is 8.83. The molecular weight excluding hydrogens is 521 g/mol. The monoisotopic (exact) mass is 545 g/mol. The third kappa shape index (κ3) is 5.89. The molecule has 35 heavy (non-hydrogen) atoms. The van der Waals surface area contributed by atoms with Crippen molar-refractivity contribution in [3.05, 3.63) is 74.7 Å². The number of benzene rings is 2. The van der Waals surface area contributed by atoms with Gasteiger partial charge in [-0.25, -0.2) is 4.98 Å². The highest BCUT2D eigenvalue weighted by atomic mass is 35.5. The maximum absolute atomic E-state index is 12.9. The highest BCUT2D eigenvalue weighted by Gasteiger charge is 2.21. The number of hydrogen-bond acceptors (Lipinski definition) is 6. The first-order chi connectivity index (χ1) is 17.0. The average molecular weight is 547 g/mol. The van der Waals surface area contributed by atoms with Crippen LogP contribution in [-0.4, -0.2) is 43.6 Å². The van der Waals surface area contributed by atoms with Gasteiger partial charge in [0.25, 0.3) is 5.91 Å². The third-order valence-electron chi connectivity index (χ3n) is 5.21. The van der Waals surface area contributed by atoms with E-state index in [1.807, 2.05) is 63.4 Å². The summed E-state index contributed by atoms with van der Waals surface area (Å²) in [6.07, 6.45) is 1.84. The summed E-state index contributed by atoms with van der Waals surface area (Å²) < 4.78 is 1.91. The maximum atomic E-state index is 12.9. The molecule has 0 fully saturated rings. The standard InChI is InChI=1S/C25H25Cl2N5OS2/c1-3-13-31(14-4-2)24(33)20-15-34-22(28-20)16-35-25-30-29-23(17-9-5-6-10-18(17)26)32(25)21-12-8-7-11-19(21)27/h5-12,15H,3-4,13-14,16H2,1-2H3. The van der Waals surface area contributed by atoms with Crippen molar-refractivity contribution in [1.82, 2.24) is 24.6 Å². The quantitative estimate of drug-likeness (QED) is 0.196. The molecule has 10 heteroatoms. The van der Waals surface area contributed by atoms with E-state index >= 15 is 0 Å². The van der Waals surface area contributed by atoms with E-state index < -0.39 is 0 Å². The van der Waals surface area contributed by atoms with Crippen LogP contribution in [0.5, 0.6) is 0 Å². The lowest BCUT2D eigenvalue weighted by atomic mass is 10.2. The summed E-state index contributed by atoms with van der Waals surface area (Å²) in [4.78, 5) is 19.4. The lowest BCUT2D eigenvalue weighted by Gasteiger charge is -2.20. The number of carbonyl (C=O) groups is 1. The van der Waals surface area contributed by atoms with E-state index in [-0.39, 0.29) is 5.91 Å². The molecule has 2 heterocycles. The minimum absolute atomic E-state index is 0.0126. The molecule has 0 saturated carbocycles. The Hall–Kier alpha value is -2.39. The number of thioether (sulfide) groups is 1. The van der Waals surface area contributed by atoms with Crippen molar-refractivity contribution in [2.75, 3.05) is 13.1 Å². The van der Waals surface area contributed by atoms with Gasteiger partial charge in [0.05, 0.1) is 21.5 Å². The van der Waals surface area contributed by atoms with Crippen molar-refractivity contribution in [2.45, 2.75) is 37.6 Å². The van der Waals surface area contributed by atoms with Crippen LogP contribution in [0.2, 0.25) is 10.0 Å². The largest absolute Gasteiger partial charge is 0.337 e. The van der Waals surface area contributed by atoms with Crippen LogP contribution < -0.4 is 0 Å². The fourth-order valence-corrected chi connectivity index (χ4v) is 5.82. The molecule has 0 aliphatic carbocycles.